The molecule has 0 amide bonds. The normalized spacial score (nSPS) is 12.3. The highest BCUT2D eigenvalue weighted by atomic mass is 32.2. The van der Waals surface area contributed by atoms with E-state index in [0.29, 0.717) is 16.8 Å². The van der Waals surface area contributed by atoms with Crippen molar-refractivity contribution in [2.24, 2.45) is 7.05 Å². The molecule has 136 valence electrons. The van der Waals surface area contributed by atoms with Crippen LogP contribution in [0.3, 0.4) is 0 Å². The van der Waals surface area contributed by atoms with Crippen LogP contribution in [0.2, 0.25) is 0 Å². The molecule has 0 saturated heterocycles. The summed E-state index contributed by atoms with van der Waals surface area (Å²) in [6, 6.07) is 2.84. The number of halogens is 3. The number of aryl methyl sites for hydroxylation is 1. The van der Waals surface area contributed by atoms with Crippen molar-refractivity contribution < 1.29 is 25.8 Å². The third-order valence-electron chi connectivity index (χ3n) is 3.73. The minimum atomic E-state index is -5.92. The SMILES string of the molecule is Cc1c(-c2cc(OS(=O)(=O)C(F)(F)F)c3c(C#N)cnn3c2)cnn1C. The van der Waals surface area contributed by atoms with Crippen LogP contribution in [0, 0.1) is 18.3 Å². The summed E-state index contributed by atoms with van der Waals surface area (Å²) in [6.45, 7) is 1.73. The number of alkyl halides is 3. The maximum Gasteiger partial charge on any atom is 0.534 e. The van der Waals surface area contributed by atoms with Crippen LogP contribution in [0.25, 0.3) is 16.6 Å². The van der Waals surface area contributed by atoms with Crippen molar-refractivity contribution in [3.8, 4) is 22.9 Å². The summed E-state index contributed by atoms with van der Waals surface area (Å²) in [5.41, 5.74) is -4.39. The summed E-state index contributed by atoms with van der Waals surface area (Å²) in [4.78, 5) is 0. The second-order valence-electron chi connectivity index (χ2n) is 5.31. The summed E-state index contributed by atoms with van der Waals surface area (Å²) < 4.78 is 67.9. The van der Waals surface area contributed by atoms with Crippen LogP contribution in [-0.4, -0.2) is 33.3 Å². The molecule has 3 heterocycles. The van der Waals surface area contributed by atoms with Crippen LogP contribution in [0.15, 0.2) is 24.7 Å². The van der Waals surface area contributed by atoms with Gasteiger partial charge in [0.05, 0.1) is 12.4 Å². The molecule has 0 radical (unpaired) electrons. The molecule has 0 aliphatic carbocycles. The number of nitriles is 1. The third-order valence-corrected chi connectivity index (χ3v) is 4.69. The van der Waals surface area contributed by atoms with Crippen molar-refractivity contribution >= 4 is 15.6 Å². The van der Waals surface area contributed by atoms with Gasteiger partial charge in [-0.2, -0.15) is 37.0 Å². The van der Waals surface area contributed by atoms with Gasteiger partial charge in [0.15, 0.2) is 5.75 Å². The number of fused-ring (bicyclic) bond motifs is 1. The lowest BCUT2D eigenvalue weighted by Crippen LogP contribution is -2.28. The lowest BCUT2D eigenvalue weighted by atomic mass is 10.1. The largest absolute Gasteiger partial charge is 0.534 e. The summed E-state index contributed by atoms with van der Waals surface area (Å²) in [6.07, 6.45) is 4.00. The number of hydrogen-bond donors (Lipinski definition) is 0. The van der Waals surface area contributed by atoms with Gasteiger partial charge in [0.2, 0.25) is 0 Å². The molecule has 0 N–H and O–H groups in total. The van der Waals surface area contributed by atoms with E-state index in [1.165, 1.54) is 17.1 Å². The molecule has 3 aromatic heterocycles. The fourth-order valence-corrected chi connectivity index (χ4v) is 2.78. The first-order valence-corrected chi connectivity index (χ1v) is 8.37. The van der Waals surface area contributed by atoms with Gasteiger partial charge in [-0.25, -0.2) is 4.52 Å². The Balaban J connectivity index is 2.27. The van der Waals surface area contributed by atoms with E-state index in [4.69, 9.17) is 5.26 Å². The van der Waals surface area contributed by atoms with Crippen LogP contribution in [0.4, 0.5) is 13.2 Å². The van der Waals surface area contributed by atoms with Gasteiger partial charge in [0.25, 0.3) is 0 Å². The molecule has 0 aliphatic rings. The molecule has 0 unspecified atom stereocenters. The first-order chi connectivity index (χ1) is 12.0. The quantitative estimate of drug-likeness (QED) is 0.506. The molecule has 0 bridgehead atoms. The van der Waals surface area contributed by atoms with Gasteiger partial charge in [-0.3, -0.25) is 4.68 Å². The fourth-order valence-electron chi connectivity index (χ4n) is 2.32. The average molecular weight is 385 g/mol. The molecular weight excluding hydrogens is 375 g/mol. The van der Waals surface area contributed by atoms with Gasteiger partial charge < -0.3 is 4.18 Å². The second-order valence-corrected chi connectivity index (χ2v) is 6.84. The monoisotopic (exact) mass is 385 g/mol. The van der Waals surface area contributed by atoms with E-state index in [-0.39, 0.29) is 11.1 Å². The molecule has 0 atom stereocenters. The van der Waals surface area contributed by atoms with Crippen LogP contribution >= 0.6 is 0 Å². The lowest BCUT2D eigenvalue weighted by Gasteiger charge is -2.12. The van der Waals surface area contributed by atoms with Gasteiger partial charge in [0.1, 0.15) is 17.1 Å². The maximum absolute atomic E-state index is 12.7. The summed E-state index contributed by atoms with van der Waals surface area (Å²) in [5, 5.41) is 17.0. The molecule has 26 heavy (non-hydrogen) atoms. The molecule has 0 spiro atoms. The van der Waals surface area contributed by atoms with Crippen molar-refractivity contribution in [2.45, 2.75) is 12.4 Å². The van der Waals surface area contributed by atoms with E-state index >= 15 is 0 Å². The highest BCUT2D eigenvalue weighted by molar-refractivity contribution is 7.88. The zero-order valence-electron chi connectivity index (χ0n) is 13.3. The van der Waals surface area contributed by atoms with Crippen molar-refractivity contribution in [2.75, 3.05) is 0 Å². The molecule has 8 nitrogen and oxygen atoms in total. The highest BCUT2D eigenvalue weighted by Gasteiger charge is 2.49. The molecular formula is C14H10F3N5O3S. The highest BCUT2D eigenvalue weighted by Crippen LogP contribution is 2.34. The fraction of sp³-hybridized carbons (Fsp3) is 0.214. The van der Waals surface area contributed by atoms with Crippen LogP contribution in [-0.2, 0) is 17.2 Å². The van der Waals surface area contributed by atoms with Crippen LogP contribution < -0.4 is 4.18 Å². The maximum atomic E-state index is 12.7. The Hall–Kier alpha value is -3.07. The van der Waals surface area contributed by atoms with E-state index in [2.05, 4.69) is 14.4 Å². The molecule has 0 aromatic carbocycles. The molecule has 0 aliphatic heterocycles. The third kappa shape index (κ3) is 2.76. The van der Waals surface area contributed by atoms with E-state index < -0.39 is 21.4 Å². The van der Waals surface area contributed by atoms with Crippen LogP contribution in [0.5, 0.6) is 5.75 Å². The number of aromatic nitrogens is 4. The minimum absolute atomic E-state index is 0.133. The predicted octanol–water partition coefficient (Wildman–Crippen LogP) is 2.14. The standard InChI is InChI=1S/C14H10F3N5O3S/c1-8-11(6-19-21(8)2)9-3-12(25-26(23,24)14(15,16)17)13-10(4-18)5-20-22(13)7-9/h3,5-7H,1-2H3. The van der Waals surface area contributed by atoms with Gasteiger partial charge in [-0.1, -0.05) is 0 Å². The summed E-state index contributed by atoms with van der Waals surface area (Å²) in [7, 11) is -4.25. The van der Waals surface area contributed by atoms with Gasteiger partial charge in [-0.05, 0) is 13.0 Å². The zero-order valence-corrected chi connectivity index (χ0v) is 14.1. The van der Waals surface area contributed by atoms with Gasteiger partial charge in [0, 0.05) is 30.1 Å². The second kappa shape index (κ2) is 5.73. The van der Waals surface area contributed by atoms with Gasteiger partial charge >= 0.3 is 15.6 Å². The molecule has 3 aromatic rings. The van der Waals surface area contributed by atoms with E-state index in [1.54, 1.807) is 20.0 Å². The Kier molecular flexibility index (Phi) is 3.91. The lowest BCUT2D eigenvalue weighted by molar-refractivity contribution is -0.0499. The average Bonchev–Trinajstić information content (AvgIpc) is 3.10. The first-order valence-electron chi connectivity index (χ1n) is 6.96. The van der Waals surface area contributed by atoms with E-state index in [0.717, 1.165) is 16.8 Å². The van der Waals surface area contributed by atoms with Crippen molar-refractivity contribution in [3.63, 3.8) is 0 Å². The summed E-state index contributed by atoms with van der Waals surface area (Å²) in [5.74, 6) is -0.655. The first kappa shape index (κ1) is 17.7. The smallest absolute Gasteiger partial charge is 0.374 e. The van der Waals surface area contributed by atoms with Crippen molar-refractivity contribution in [1.29, 1.82) is 5.26 Å². The van der Waals surface area contributed by atoms with Crippen molar-refractivity contribution in [3.05, 3.63) is 35.9 Å². The Morgan fingerprint density at radius 3 is 2.50 bits per heavy atom. The Morgan fingerprint density at radius 1 is 1.27 bits per heavy atom. The molecule has 12 heteroatoms. The molecule has 3 rings (SSSR count). The Morgan fingerprint density at radius 2 is 1.96 bits per heavy atom. The van der Waals surface area contributed by atoms with E-state index in [9.17, 15) is 21.6 Å². The molecule has 0 fully saturated rings. The van der Waals surface area contributed by atoms with Crippen LogP contribution in [0.1, 0.15) is 11.3 Å². The topological polar surface area (TPSA) is 102 Å². The molecule has 0 saturated carbocycles. The van der Waals surface area contributed by atoms with Gasteiger partial charge in [-0.15, -0.1) is 0 Å². The predicted molar refractivity (Wildman–Crippen MR) is 82.4 cm³/mol. The van der Waals surface area contributed by atoms with Crippen molar-refractivity contribution in [1.82, 2.24) is 19.4 Å². The summed E-state index contributed by atoms with van der Waals surface area (Å²) >= 11 is 0. The number of rotatable bonds is 3. The number of pyridine rings is 1. The number of hydrogen-bond acceptors (Lipinski definition) is 6. The Labute approximate surface area is 145 Å². The zero-order chi connectivity index (χ0) is 19.3. The Bertz CT molecular complexity index is 1160. The number of nitrogens with zero attached hydrogens (tertiary/aromatic N) is 5. The minimum Gasteiger partial charge on any atom is -0.374 e. The van der Waals surface area contributed by atoms with E-state index in [1.807, 2.05) is 0 Å².